The summed E-state index contributed by atoms with van der Waals surface area (Å²) in [5, 5.41) is 11.2. The molecule has 0 amide bonds. The summed E-state index contributed by atoms with van der Waals surface area (Å²) < 4.78 is 37.2. The Morgan fingerprint density at radius 3 is 2.74 bits per heavy atom. The van der Waals surface area contributed by atoms with Crippen molar-refractivity contribution in [3.63, 3.8) is 0 Å². The van der Waals surface area contributed by atoms with Crippen LogP contribution >= 0.6 is 0 Å². The summed E-state index contributed by atoms with van der Waals surface area (Å²) in [4.78, 5) is 20.2. The molecule has 1 aliphatic heterocycles. The third kappa shape index (κ3) is 6.22. The first-order valence-electron chi connectivity index (χ1n) is 8.59. The SMILES string of the molecule is CCCc1noc(C2CCCN(c3ccccn3)C2)n1.O=C(O)C(F)(F)F. The summed E-state index contributed by atoms with van der Waals surface area (Å²) in [5.74, 6) is 0.216. The molecule has 1 atom stereocenters. The summed E-state index contributed by atoms with van der Waals surface area (Å²) in [7, 11) is 0. The Kier molecular flexibility index (Phi) is 7.14. The Hall–Kier alpha value is -2.65. The van der Waals surface area contributed by atoms with E-state index < -0.39 is 12.1 Å². The maximum absolute atomic E-state index is 10.6. The monoisotopic (exact) mass is 386 g/mol. The van der Waals surface area contributed by atoms with Gasteiger partial charge in [-0.1, -0.05) is 18.1 Å². The number of carbonyl (C=O) groups is 1. The number of aliphatic carboxylic acids is 1. The molecule has 0 aliphatic carbocycles. The second-order valence-corrected chi connectivity index (χ2v) is 6.07. The molecule has 3 heterocycles. The molecule has 148 valence electrons. The van der Waals surface area contributed by atoms with Gasteiger partial charge in [-0.2, -0.15) is 18.2 Å². The zero-order valence-corrected chi connectivity index (χ0v) is 14.8. The fraction of sp³-hybridized carbons (Fsp3) is 0.529. The quantitative estimate of drug-likeness (QED) is 0.860. The van der Waals surface area contributed by atoms with Crippen LogP contribution in [0.25, 0.3) is 0 Å². The minimum absolute atomic E-state index is 0.323. The van der Waals surface area contributed by atoms with Gasteiger partial charge in [0.15, 0.2) is 5.82 Å². The zero-order chi connectivity index (χ0) is 19.9. The number of carboxylic acids is 1. The van der Waals surface area contributed by atoms with Gasteiger partial charge in [0.1, 0.15) is 5.82 Å². The number of anilines is 1. The molecule has 0 aromatic carbocycles. The number of aryl methyl sites for hydroxylation is 1. The number of nitrogens with zero attached hydrogens (tertiary/aromatic N) is 4. The molecular weight excluding hydrogens is 365 g/mol. The van der Waals surface area contributed by atoms with Crippen LogP contribution in [-0.2, 0) is 11.2 Å². The fourth-order valence-electron chi connectivity index (χ4n) is 2.69. The van der Waals surface area contributed by atoms with Crippen molar-refractivity contribution in [1.29, 1.82) is 0 Å². The van der Waals surface area contributed by atoms with Crippen molar-refractivity contribution in [3.8, 4) is 0 Å². The number of hydrogen-bond acceptors (Lipinski definition) is 6. The largest absolute Gasteiger partial charge is 0.490 e. The Labute approximate surface area is 154 Å². The van der Waals surface area contributed by atoms with Crippen LogP contribution in [0.5, 0.6) is 0 Å². The van der Waals surface area contributed by atoms with Crippen molar-refractivity contribution < 1.29 is 27.6 Å². The van der Waals surface area contributed by atoms with Gasteiger partial charge in [-0.15, -0.1) is 0 Å². The van der Waals surface area contributed by atoms with Crippen molar-refractivity contribution in [2.24, 2.45) is 0 Å². The highest BCUT2D eigenvalue weighted by atomic mass is 19.4. The Bertz CT molecular complexity index is 722. The molecule has 10 heteroatoms. The number of piperidine rings is 1. The molecule has 0 bridgehead atoms. The molecule has 7 nitrogen and oxygen atoms in total. The minimum atomic E-state index is -5.08. The average Bonchev–Trinajstić information content (AvgIpc) is 3.11. The van der Waals surface area contributed by atoms with E-state index in [2.05, 4.69) is 33.0 Å². The first kappa shape index (κ1) is 20.7. The number of carboxylic acid groups (broad SMARTS) is 1. The molecular formula is C17H21F3N4O3. The maximum atomic E-state index is 10.6. The third-order valence-electron chi connectivity index (χ3n) is 3.94. The van der Waals surface area contributed by atoms with E-state index in [4.69, 9.17) is 14.4 Å². The van der Waals surface area contributed by atoms with Gasteiger partial charge in [-0.25, -0.2) is 9.78 Å². The summed E-state index contributed by atoms with van der Waals surface area (Å²) >= 11 is 0. The van der Waals surface area contributed by atoms with Gasteiger partial charge < -0.3 is 14.5 Å². The Balaban J connectivity index is 0.000000321. The van der Waals surface area contributed by atoms with E-state index in [9.17, 15) is 13.2 Å². The lowest BCUT2D eigenvalue weighted by Crippen LogP contribution is -2.35. The highest BCUT2D eigenvalue weighted by Crippen LogP contribution is 2.28. The second-order valence-electron chi connectivity index (χ2n) is 6.07. The molecule has 0 saturated carbocycles. The second kappa shape index (κ2) is 9.33. The number of rotatable bonds is 4. The molecule has 0 spiro atoms. The van der Waals surface area contributed by atoms with Crippen molar-refractivity contribution in [1.82, 2.24) is 15.1 Å². The van der Waals surface area contributed by atoms with Gasteiger partial charge in [0.05, 0.1) is 5.92 Å². The van der Waals surface area contributed by atoms with Crippen molar-refractivity contribution in [3.05, 3.63) is 36.1 Å². The third-order valence-corrected chi connectivity index (χ3v) is 3.94. The standard InChI is InChI=1S/C15H20N4O.C2HF3O2/c1-2-6-13-17-15(20-18-13)12-7-5-10-19(11-12)14-8-3-4-9-16-14;3-2(4,5)1(6)7/h3-4,8-9,12H,2,5-7,10-11H2,1H3;(H,6,7). The number of halogens is 3. The number of alkyl halides is 3. The van der Waals surface area contributed by atoms with E-state index in [1.807, 2.05) is 18.3 Å². The molecule has 1 unspecified atom stereocenters. The zero-order valence-electron chi connectivity index (χ0n) is 14.8. The summed E-state index contributed by atoms with van der Waals surface area (Å²) in [6.07, 6.45) is 0.929. The van der Waals surface area contributed by atoms with Crippen LogP contribution in [0.15, 0.2) is 28.9 Å². The van der Waals surface area contributed by atoms with Gasteiger partial charge >= 0.3 is 12.1 Å². The predicted molar refractivity (Wildman–Crippen MR) is 90.4 cm³/mol. The van der Waals surface area contributed by atoms with Crippen LogP contribution in [0.4, 0.5) is 19.0 Å². The lowest BCUT2D eigenvalue weighted by Gasteiger charge is -2.31. The molecule has 2 aromatic rings. The smallest absolute Gasteiger partial charge is 0.475 e. The normalized spacial score (nSPS) is 17.2. The highest BCUT2D eigenvalue weighted by molar-refractivity contribution is 5.73. The highest BCUT2D eigenvalue weighted by Gasteiger charge is 2.38. The molecule has 1 aliphatic rings. The molecule has 3 rings (SSSR count). The molecule has 27 heavy (non-hydrogen) atoms. The van der Waals surface area contributed by atoms with Crippen molar-refractivity contribution >= 4 is 11.8 Å². The molecule has 1 saturated heterocycles. The summed E-state index contributed by atoms with van der Waals surface area (Å²) in [6, 6.07) is 6.02. The van der Waals surface area contributed by atoms with Crippen LogP contribution in [0.3, 0.4) is 0 Å². The van der Waals surface area contributed by atoms with Crippen LogP contribution in [-0.4, -0.2) is 45.5 Å². The van der Waals surface area contributed by atoms with Crippen LogP contribution in [0, 0.1) is 0 Å². The Morgan fingerprint density at radius 2 is 2.15 bits per heavy atom. The number of aromatic nitrogens is 3. The molecule has 0 radical (unpaired) electrons. The van der Waals surface area contributed by atoms with Crippen molar-refractivity contribution in [2.45, 2.75) is 44.7 Å². The van der Waals surface area contributed by atoms with Gasteiger partial charge in [0, 0.05) is 25.7 Å². The van der Waals surface area contributed by atoms with Gasteiger partial charge in [0.2, 0.25) is 5.89 Å². The minimum Gasteiger partial charge on any atom is -0.475 e. The average molecular weight is 386 g/mol. The van der Waals surface area contributed by atoms with E-state index in [-0.39, 0.29) is 0 Å². The topological polar surface area (TPSA) is 92.4 Å². The van der Waals surface area contributed by atoms with E-state index in [1.54, 1.807) is 0 Å². The fourth-order valence-corrected chi connectivity index (χ4v) is 2.69. The van der Waals surface area contributed by atoms with E-state index in [0.29, 0.717) is 5.92 Å². The first-order valence-corrected chi connectivity index (χ1v) is 8.59. The molecule has 2 aromatic heterocycles. The van der Waals surface area contributed by atoms with Gasteiger partial charge in [0.25, 0.3) is 0 Å². The van der Waals surface area contributed by atoms with Crippen LogP contribution < -0.4 is 4.90 Å². The summed E-state index contributed by atoms with van der Waals surface area (Å²) in [5.41, 5.74) is 0. The van der Waals surface area contributed by atoms with Crippen LogP contribution in [0.2, 0.25) is 0 Å². The van der Waals surface area contributed by atoms with Gasteiger partial charge in [-0.3, -0.25) is 0 Å². The predicted octanol–water partition coefficient (Wildman–Crippen LogP) is 3.43. The van der Waals surface area contributed by atoms with Crippen LogP contribution in [0.1, 0.15) is 43.8 Å². The molecule has 1 N–H and O–H groups in total. The number of pyridine rings is 1. The first-order chi connectivity index (χ1) is 12.8. The lowest BCUT2D eigenvalue weighted by molar-refractivity contribution is -0.192. The van der Waals surface area contributed by atoms with E-state index in [0.717, 1.165) is 56.3 Å². The van der Waals surface area contributed by atoms with Crippen molar-refractivity contribution in [2.75, 3.05) is 18.0 Å². The Morgan fingerprint density at radius 1 is 1.41 bits per heavy atom. The van der Waals surface area contributed by atoms with E-state index in [1.165, 1.54) is 0 Å². The maximum Gasteiger partial charge on any atom is 0.490 e. The number of hydrogen-bond donors (Lipinski definition) is 1. The molecule has 1 fully saturated rings. The van der Waals surface area contributed by atoms with E-state index >= 15 is 0 Å². The lowest BCUT2D eigenvalue weighted by atomic mass is 9.98. The summed E-state index contributed by atoms with van der Waals surface area (Å²) in [6.45, 7) is 4.08. The van der Waals surface area contributed by atoms with Gasteiger partial charge in [-0.05, 0) is 31.4 Å².